The normalized spacial score (nSPS) is 33.9. The van der Waals surface area contributed by atoms with Crippen molar-refractivity contribution in [3.63, 3.8) is 0 Å². The van der Waals surface area contributed by atoms with Gasteiger partial charge < -0.3 is 24.8 Å². The minimum atomic E-state index is -4.93. The van der Waals surface area contributed by atoms with Crippen molar-refractivity contribution in [3.8, 4) is 0 Å². The van der Waals surface area contributed by atoms with Crippen LogP contribution in [0.15, 0.2) is 38.6 Å². The Morgan fingerprint density at radius 2 is 1.98 bits per heavy atom. The summed E-state index contributed by atoms with van der Waals surface area (Å²) in [6.45, 7) is 2.37. The number of ether oxygens (including phenoxy) is 3. The molecule has 0 bridgehead atoms. The van der Waals surface area contributed by atoms with Gasteiger partial charge in [-0.1, -0.05) is 11.6 Å². The van der Waals surface area contributed by atoms with E-state index in [2.05, 4.69) is 19.8 Å². The molecule has 1 spiro atoms. The number of allylic oxidation sites excluding steroid dienone is 1. The Labute approximate surface area is 260 Å². The lowest BCUT2D eigenvalue weighted by Crippen LogP contribution is -2.65. The van der Waals surface area contributed by atoms with Crippen LogP contribution in [0.2, 0.25) is 5.02 Å². The molecule has 2 N–H and O–H groups in total. The highest BCUT2D eigenvalue weighted by Crippen LogP contribution is 2.48. The predicted molar refractivity (Wildman–Crippen MR) is 156 cm³/mol. The van der Waals surface area contributed by atoms with Crippen molar-refractivity contribution in [1.82, 2.24) is 9.80 Å². The molecule has 15 heteroatoms. The van der Waals surface area contributed by atoms with Gasteiger partial charge in [-0.15, -0.1) is 0 Å². The summed E-state index contributed by atoms with van der Waals surface area (Å²) in [5.41, 5.74) is 2.29. The van der Waals surface area contributed by atoms with E-state index in [1.54, 1.807) is 0 Å². The van der Waals surface area contributed by atoms with E-state index in [0.29, 0.717) is 38.4 Å². The Hall–Kier alpha value is -2.81. The third kappa shape index (κ3) is 4.61. The molecule has 8 rings (SSSR count). The average Bonchev–Trinajstić information content (AvgIpc) is 3.60. The fourth-order valence-corrected chi connectivity index (χ4v) is 8.71. The third-order valence-electron chi connectivity index (χ3n) is 10.4. The fraction of sp³-hybridized carbons (Fsp3) is 0.633. The molecule has 45 heavy (non-hydrogen) atoms. The molecule has 9 nitrogen and oxygen atoms in total. The van der Waals surface area contributed by atoms with Gasteiger partial charge in [0.05, 0.1) is 47.2 Å². The topological polar surface area (TPSA) is 97.3 Å². The number of hydrogen-bond donors (Lipinski definition) is 1. The molecule has 5 fully saturated rings. The Kier molecular flexibility index (Phi) is 6.80. The Morgan fingerprint density at radius 3 is 2.73 bits per heavy atom. The molecule has 2 unspecified atom stereocenters. The number of dihydropyridines is 1. The minimum Gasteiger partial charge on any atom is -0.461 e. The largest absolute Gasteiger partial charge is 0.461 e. The number of fused-ring (bicyclic) bond motifs is 4. The van der Waals surface area contributed by atoms with Gasteiger partial charge in [0.15, 0.2) is 12.1 Å². The van der Waals surface area contributed by atoms with Gasteiger partial charge in [-0.3, -0.25) is 4.90 Å². The number of rotatable bonds is 3. The van der Waals surface area contributed by atoms with Crippen LogP contribution in [-0.4, -0.2) is 96.4 Å². The van der Waals surface area contributed by atoms with Gasteiger partial charge in [0, 0.05) is 30.3 Å². The van der Waals surface area contributed by atoms with E-state index in [4.69, 9.17) is 36.5 Å². The van der Waals surface area contributed by atoms with Crippen LogP contribution in [0.25, 0.3) is 0 Å². The molecule has 0 amide bonds. The van der Waals surface area contributed by atoms with Crippen molar-refractivity contribution in [2.24, 2.45) is 20.9 Å². The van der Waals surface area contributed by atoms with E-state index in [-0.39, 0.29) is 42.2 Å². The second-order valence-corrected chi connectivity index (χ2v) is 13.5. The first-order chi connectivity index (χ1) is 21.5. The van der Waals surface area contributed by atoms with Crippen molar-refractivity contribution >= 4 is 34.9 Å². The summed E-state index contributed by atoms with van der Waals surface area (Å²) in [6, 6.07) is 1.88. The zero-order chi connectivity index (χ0) is 31.3. The number of aliphatic imine (C=N–C) groups is 3. The molecule has 242 valence electrons. The molecular formula is C30H32ClF5N6O3. The lowest BCUT2D eigenvalue weighted by atomic mass is 9.88. The van der Waals surface area contributed by atoms with Crippen LogP contribution in [0.5, 0.6) is 0 Å². The van der Waals surface area contributed by atoms with Crippen LogP contribution >= 0.6 is 11.6 Å². The third-order valence-corrected chi connectivity index (χ3v) is 10.7. The van der Waals surface area contributed by atoms with E-state index in [0.717, 1.165) is 44.4 Å². The molecule has 5 saturated heterocycles. The van der Waals surface area contributed by atoms with E-state index in [1.807, 2.05) is 0 Å². The van der Waals surface area contributed by atoms with E-state index < -0.39 is 57.7 Å². The van der Waals surface area contributed by atoms with Gasteiger partial charge >= 0.3 is 12.2 Å². The number of nitrogens with zero attached hydrogens (tertiary/aromatic N) is 5. The molecular weight excluding hydrogens is 623 g/mol. The van der Waals surface area contributed by atoms with Crippen LogP contribution in [-0.2, 0) is 20.4 Å². The van der Waals surface area contributed by atoms with Gasteiger partial charge in [-0.2, -0.15) is 23.2 Å². The van der Waals surface area contributed by atoms with Gasteiger partial charge in [0.2, 0.25) is 0 Å². The van der Waals surface area contributed by atoms with Crippen LogP contribution in [0.3, 0.4) is 0 Å². The standard InChI is InChI=1S/C30H32ClF5N6O3/c31-19-9-16(37)8-18(21(19)30(34,35)36)23-22(33)24-20-25(40-27(39-24)45-14-28-4-1-6-41(28)11-15(32)10-28)42-17(3-7-44-26(20)38-23)2-5-29(42)12-43-13-29/h8-9,15,17,20,26H,1-7,10-14,37H2/t15-,17-,20?,26?,28+/m1/s1. The second kappa shape index (κ2) is 10.3. The quantitative estimate of drug-likeness (QED) is 0.369. The smallest absolute Gasteiger partial charge is 0.418 e. The lowest BCUT2D eigenvalue weighted by molar-refractivity contribution is -0.137. The Balaban J connectivity index is 1.25. The molecule has 7 aliphatic rings. The molecule has 7 aliphatic heterocycles. The zero-order valence-corrected chi connectivity index (χ0v) is 25.0. The SMILES string of the molecule is Nc1cc(Cl)c(C(F)(F)F)c(C2=NC3OCC[C@H]4CCC5(COC5)N4C4=NC(OC[C@@]56CCCN5C[C@H](F)C6)=NC(=C2F)C43)c1. The summed E-state index contributed by atoms with van der Waals surface area (Å²) in [5.74, 6) is -1.56. The van der Waals surface area contributed by atoms with Crippen molar-refractivity contribution in [1.29, 1.82) is 0 Å². The average molecular weight is 655 g/mol. The fourth-order valence-electron chi connectivity index (χ4n) is 8.38. The van der Waals surface area contributed by atoms with Crippen LogP contribution in [0, 0.1) is 5.92 Å². The number of nitrogen functional groups attached to an aromatic ring is 1. The molecule has 0 aromatic heterocycles. The number of alkyl halides is 4. The van der Waals surface area contributed by atoms with Crippen molar-refractivity contribution in [3.05, 3.63) is 39.8 Å². The zero-order valence-electron chi connectivity index (χ0n) is 24.3. The van der Waals surface area contributed by atoms with Crippen molar-refractivity contribution in [2.75, 3.05) is 45.3 Å². The first kappa shape index (κ1) is 29.6. The van der Waals surface area contributed by atoms with Crippen LogP contribution in [0.1, 0.15) is 49.7 Å². The van der Waals surface area contributed by atoms with Gasteiger partial charge in [-0.05, 0) is 50.8 Å². The molecule has 0 saturated carbocycles. The maximum absolute atomic E-state index is 16.8. The van der Waals surface area contributed by atoms with E-state index in [9.17, 15) is 17.6 Å². The van der Waals surface area contributed by atoms with Crippen LogP contribution < -0.4 is 5.73 Å². The Morgan fingerprint density at radius 1 is 1.16 bits per heavy atom. The first-order valence-electron chi connectivity index (χ1n) is 15.3. The maximum Gasteiger partial charge on any atom is 0.418 e. The first-order valence-corrected chi connectivity index (χ1v) is 15.7. The van der Waals surface area contributed by atoms with Gasteiger partial charge in [0.25, 0.3) is 0 Å². The summed E-state index contributed by atoms with van der Waals surface area (Å²) < 4.78 is 92.1. The molecule has 1 aromatic carbocycles. The highest BCUT2D eigenvalue weighted by Gasteiger charge is 2.57. The summed E-state index contributed by atoms with van der Waals surface area (Å²) in [6.07, 6.45) is -2.77. The highest BCUT2D eigenvalue weighted by molar-refractivity contribution is 6.32. The molecule has 1 aromatic rings. The minimum absolute atomic E-state index is 0.0262. The molecule has 0 radical (unpaired) electrons. The monoisotopic (exact) mass is 654 g/mol. The molecule has 0 aliphatic carbocycles. The number of anilines is 1. The molecule has 5 atom stereocenters. The predicted octanol–water partition coefficient (Wildman–Crippen LogP) is 4.88. The number of benzene rings is 1. The number of nitrogens with two attached hydrogens (primary N) is 1. The van der Waals surface area contributed by atoms with Crippen molar-refractivity contribution in [2.45, 2.75) is 74.2 Å². The number of amidine groups is 2. The lowest BCUT2D eigenvalue weighted by Gasteiger charge is -2.51. The summed E-state index contributed by atoms with van der Waals surface area (Å²) >= 11 is 6.03. The summed E-state index contributed by atoms with van der Waals surface area (Å²) in [7, 11) is 0. The number of halogens is 6. The van der Waals surface area contributed by atoms with Crippen molar-refractivity contribution < 1.29 is 36.2 Å². The second-order valence-electron chi connectivity index (χ2n) is 13.1. The van der Waals surface area contributed by atoms with E-state index >= 15 is 4.39 Å². The maximum atomic E-state index is 16.8. The summed E-state index contributed by atoms with van der Waals surface area (Å²) in [5, 5.41) is -0.674. The van der Waals surface area contributed by atoms with Gasteiger partial charge in [-0.25, -0.2) is 13.8 Å². The highest BCUT2D eigenvalue weighted by atomic mass is 35.5. The number of hydrogen-bond acceptors (Lipinski definition) is 9. The van der Waals surface area contributed by atoms with E-state index in [1.165, 1.54) is 0 Å². The Bertz CT molecular complexity index is 1560. The van der Waals surface area contributed by atoms with Crippen LogP contribution in [0.4, 0.5) is 27.6 Å². The summed E-state index contributed by atoms with van der Waals surface area (Å²) in [4.78, 5) is 18.0. The van der Waals surface area contributed by atoms with Gasteiger partial charge in [0.1, 0.15) is 30.2 Å². The molecule has 7 heterocycles.